The molecule has 7 nitrogen and oxygen atoms in total. The molecule has 2 heterocycles. The Hall–Kier alpha value is -2.23. The third kappa shape index (κ3) is 4.89. The second-order valence-corrected chi connectivity index (χ2v) is 11.2. The first-order valence-corrected chi connectivity index (χ1v) is 13.2. The average molecular weight is 494 g/mol. The molecule has 0 spiro atoms. The highest BCUT2D eigenvalue weighted by molar-refractivity contribution is 8.01. The van der Waals surface area contributed by atoms with E-state index >= 15 is 0 Å². The van der Waals surface area contributed by atoms with E-state index in [2.05, 4.69) is 10.0 Å². The summed E-state index contributed by atoms with van der Waals surface area (Å²) in [4.78, 5) is 28.1. The van der Waals surface area contributed by atoms with E-state index in [9.17, 15) is 18.0 Å². The smallest absolute Gasteiger partial charge is 0.261 e. The molecule has 1 atom stereocenters. The van der Waals surface area contributed by atoms with Crippen molar-refractivity contribution in [3.8, 4) is 0 Å². The van der Waals surface area contributed by atoms with E-state index in [0.29, 0.717) is 34.4 Å². The number of thioether (sulfide) groups is 1. The predicted octanol–water partition coefficient (Wildman–Crippen LogP) is 4.26. The first-order valence-electron chi connectivity index (χ1n) is 10.4. The van der Waals surface area contributed by atoms with Gasteiger partial charge in [-0.25, -0.2) is 8.42 Å². The minimum Gasteiger partial charge on any atom is -0.341 e. The molecule has 2 amide bonds. The number of hydrogen-bond donors (Lipinski definition) is 2. The number of likely N-dealkylation sites (tertiary alicyclic amines) is 1. The quantitative estimate of drug-likeness (QED) is 0.620. The Labute approximate surface area is 196 Å². The van der Waals surface area contributed by atoms with Crippen LogP contribution in [0.1, 0.15) is 31.2 Å². The first-order chi connectivity index (χ1) is 15.2. The minimum absolute atomic E-state index is 0.00569. The third-order valence-electron chi connectivity index (χ3n) is 5.57. The summed E-state index contributed by atoms with van der Waals surface area (Å²) in [7, 11) is -3.89. The van der Waals surface area contributed by atoms with Gasteiger partial charge in [0.15, 0.2) is 5.25 Å². The molecule has 4 rings (SSSR count). The fraction of sp³-hybridized carbons (Fsp3) is 0.364. The van der Waals surface area contributed by atoms with Gasteiger partial charge >= 0.3 is 0 Å². The second-order valence-electron chi connectivity index (χ2n) is 7.95. The van der Waals surface area contributed by atoms with E-state index < -0.39 is 21.2 Å². The van der Waals surface area contributed by atoms with Crippen LogP contribution in [-0.4, -0.2) is 43.5 Å². The highest BCUT2D eigenvalue weighted by Crippen LogP contribution is 2.38. The van der Waals surface area contributed by atoms with Crippen molar-refractivity contribution in [3.05, 3.63) is 47.0 Å². The van der Waals surface area contributed by atoms with Gasteiger partial charge in [-0.15, -0.1) is 11.8 Å². The molecule has 1 fully saturated rings. The summed E-state index contributed by atoms with van der Waals surface area (Å²) in [6.45, 7) is 3.17. The molecule has 0 bridgehead atoms. The van der Waals surface area contributed by atoms with E-state index in [-0.39, 0.29) is 10.8 Å². The molecule has 0 saturated carbocycles. The lowest BCUT2D eigenvalue weighted by molar-refractivity contribution is -0.133. The number of amides is 2. The normalized spacial score (nSPS) is 19.0. The fourth-order valence-electron chi connectivity index (χ4n) is 3.75. The summed E-state index contributed by atoms with van der Waals surface area (Å²) in [6, 6.07) is 9.40. The van der Waals surface area contributed by atoms with Gasteiger partial charge in [0, 0.05) is 23.0 Å². The largest absolute Gasteiger partial charge is 0.341 e. The van der Waals surface area contributed by atoms with Gasteiger partial charge in [0.2, 0.25) is 11.8 Å². The predicted molar refractivity (Wildman–Crippen MR) is 127 cm³/mol. The second kappa shape index (κ2) is 9.33. The highest BCUT2D eigenvalue weighted by atomic mass is 35.5. The zero-order chi connectivity index (χ0) is 22.9. The lowest BCUT2D eigenvalue weighted by Gasteiger charge is -2.28. The topological polar surface area (TPSA) is 95.6 Å². The Morgan fingerprint density at radius 2 is 1.84 bits per heavy atom. The van der Waals surface area contributed by atoms with Crippen LogP contribution in [0.25, 0.3) is 0 Å². The van der Waals surface area contributed by atoms with Crippen molar-refractivity contribution in [2.75, 3.05) is 23.1 Å². The van der Waals surface area contributed by atoms with Crippen molar-refractivity contribution in [3.63, 3.8) is 0 Å². The molecule has 2 aromatic rings. The van der Waals surface area contributed by atoms with E-state index in [1.165, 1.54) is 12.1 Å². The van der Waals surface area contributed by atoms with E-state index in [1.807, 2.05) is 6.92 Å². The van der Waals surface area contributed by atoms with Crippen LogP contribution in [0.15, 0.2) is 46.2 Å². The van der Waals surface area contributed by atoms with Gasteiger partial charge in [-0.1, -0.05) is 30.5 Å². The van der Waals surface area contributed by atoms with Gasteiger partial charge in [0.05, 0.1) is 16.3 Å². The molecule has 0 unspecified atom stereocenters. The van der Waals surface area contributed by atoms with Gasteiger partial charge in [0.1, 0.15) is 0 Å². The van der Waals surface area contributed by atoms with E-state index in [0.717, 1.165) is 43.0 Å². The number of halogens is 1. The van der Waals surface area contributed by atoms with Gasteiger partial charge in [-0.2, -0.15) is 0 Å². The molecule has 1 saturated heterocycles. The molecule has 2 aromatic carbocycles. The highest BCUT2D eigenvalue weighted by Gasteiger charge is 2.36. The fourth-order valence-corrected chi connectivity index (χ4v) is 6.05. The Morgan fingerprint density at radius 3 is 2.53 bits per heavy atom. The maximum atomic E-state index is 12.9. The summed E-state index contributed by atoms with van der Waals surface area (Å²) in [5, 5.41) is 2.31. The van der Waals surface area contributed by atoms with E-state index in [4.69, 9.17) is 11.6 Å². The van der Waals surface area contributed by atoms with Gasteiger partial charge in [0.25, 0.3) is 10.0 Å². The Bertz CT molecular complexity index is 1160. The van der Waals surface area contributed by atoms with Gasteiger partial charge in [-0.3, -0.25) is 14.3 Å². The monoisotopic (exact) mass is 493 g/mol. The molecule has 0 aliphatic carbocycles. The molecular weight excluding hydrogens is 470 g/mol. The Balaban J connectivity index is 1.53. The lowest BCUT2D eigenvalue weighted by Crippen LogP contribution is -2.45. The lowest BCUT2D eigenvalue weighted by atomic mass is 10.2. The van der Waals surface area contributed by atoms with Crippen LogP contribution in [0.5, 0.6) is 0 Å². The van der Waals surface area contributed by atoms with Crippen molar-refractivity contribution in [1.29, 1.82) is 0 Å². The molecule has 0 radical (unpaired) electrons. The third-order valence-corrected chi connectivity index (χ3v) is 8.62. The zero-order valence-electron chi connectivity index (χ0n) is 17.6. The van der Waals surface area contributed by atoms with Crippen LogP contribution in [0, 0.1) is 6.92 Å². The summed E-state index contributed by atoms with van der Waals surface area (Å²) in [5.74, 6) is -0.612. The average Bonchev–Trinajstić information content (AvgIpc) is 3.04. The molecular formula is C22H24ClN3O4S2. The maximum Gasteiger partial charge on any atom is 0.261 e. The summed E-state index contributed by atoms with van der Waals surface area (Å²) in [6.07, 6.45) is 4.08. The molecule has 10 heteroatoms. The van der Waals surface area contributed by atoms with Crippen molar-refractivity contribution in [2.24, 2.45) is 0 Å². The van der Waals surface area contributed by atoms with Crippen molar-refractivity contribution in [2.45, 2.75) is 47.6 Å². The van der Waals surface area contributed by atoms with Crippen LogP contribution in [0.3, 0.4) is 0 Å². The van der Waals surface area contributed by atoms with Crippen molar-refractivity contribution in [1.82, 2.24) is 4.90 Å². The molecule has 0 aromatic heterocycles. The van der Waals surface area contributed by atoms with Crippen LogP contribution < -0.4 is 10.0 Å². The summed E-state index contributed by atoms with van der Waals surface area (Å²) >= 11 is 7.25. The van der Waals surface area contributed by atoms with Crippen LogP contribution >= 0.6 is 23.4 Å². The number of aryl methyl sites for hydroxylation is 1. The van der Waals surface area contributed by atoms with Crippen molar-refractivity contribution < 1.29 is 18.0 Å². The number of carbonyl (C=O) groups is 2. The number of hydrogen-bond acceptors (Lipinski definition) is 5. The number of benzene rings is 2. The van der Waals surface area contributed by atoms with Crippen LogP contribution in [-0.2, 0) is 19.6 Å². The Morgan fingerprint density at radius 1 is 1.12 bits per heavy atom. The maximum absolute atomic E-state index is 12.9. The number of rotatable bonds is 4. The molecule has 2 aliphatic heterocycles. The van der Waals surface area contributed by atoms with Crippen LogP contribution in [0.2, 0.25) is 5.02 Å². The first kappa shape index (κ1) is 22.9. The van der Waals surface area contributed by atoms with Crippen molar-refractivity contribution >= 4 is 56.6 Å². The molecule has 2 aliphatic rings. The molecule has 32 heavy (non-hydrogen) atoms. The SMILES string of the molecule is Cc1ccc(NS(=O)(=O)c2ccc3c(c2)NC(=O)[C@H](C(=O)N2CCCCCC2)S3)cc1Cl. The Kier molecular flexibility index (Phi) is 6.69. The number of fused-ring (bicyclic) bond motifs is 1. The minimum atomic E-state index is -3.89. The zero-order valence-corrected chi connectivity index (χ0v) is 19.9. The van der Waals surface area contributed by atoms with Crippen LogP contribution in [0.4, 0.5) is 11.4 Å². The summed E-state index contributed by atoms with van der Waals surface area (Å²) < 4.78 is 28.2. The van der Waals surface area contributed by atoms with Gasteiger partial charge in [-0.05, 0) is 55.7 Å². The molecule has 170 valence electrons. The standard InChI is InChI=1S/C22H24ClN3O4S2/c1-14-6-7-15(12-17(14)23)25-32(29,30)16-8-9-19-18(13-16)24-21(27)20(31-19)22(28)26-10-4-2-3-5-11-26/h6-9,12-13,20,25H,2-5,10-11H2,1H3,(H,24,27)/t20-/m1/s1. The number of carbonyl (C=O) groups excluding carboxylic acids is 2. The molecule has 2 N–H and O–H groups in total. The van der Waals surface area contributed by atoms with Gasteiger partial charge < -0.3 is 10.2 Å². The number of nitrogens with one attached hydrogen (secondary N) is 2. The number of anilines is 2. The van der Waals surface area contributed by atoms with E-state index in [1.54, 1.807) is 29.2 Å². The number of sulfonamides is 1. The summed E-state index contributed by atoms with van der Waals surface area (Å²) in [5.41, 5.74) is 1.57. The number of nitrogens with zero attached hydrogens (tertiary/aromatic N) is 1.